The molecule has 2 unspecified atom stereocenters. The Morgan fingerprint density at radius 3 is 2.25 bits per heavy atom. The summed E-state index contributed by atoms with van der Waals surface area (Å²) in [6, 6.07) is 0.303. The number of methoxy groups -OCH3 is 1. The molecule has 0 aromatic rings. The van der Waals surface area contributed by atoms with Gasteiger partial charge in [-0.3, -0.25) is 0 Å². The molecule has 1 aliphatic carbocycles. The number of rotatable bonds is 1. The second-order valence-corrected chi connectivity index (χ2v) is 3.69. The Morgan fingerprint density at radius 1 is 1.33 bits per heavy atom. The Bertz CT molecular complexity index is 160. The van der Waals surface area contributed by atoms with Crippen molar-refractivity contribution in [2.24, 2.45) is 11.8 Å². The van der Waals surface area contributed by atoms with Crippen molar-refractivity contribution in [3.05, 3.63) is 0 Å². The van der Waals surface area contributed by atoms with Crippen LogP contribution in [0.1, 0.15) is 26.7 Å². The second-order valence-electron chi connectivity index (χ2n) is 3.69. The maximum absolute atomic E-state index is 10.9. The maximum atomic E-state index is 10.9. The van der Waals surface area contributed by atoms with Crippen molar-refractivity contribution in [3.8, 4) is 0 Å². The molecule has 0 aromatic carbocycles. The molecular weight excluding hydrogens is 154 g/mol. The molecule has 0 aromatic heterocycles. The number of alkyl carbamates (subject to hydrolysis) is 1. The summed E-state index contributed by atoms with van der Waals surface area (Å²) >= 11 is 0. The number of nitrogens with one attached hydrogen (secondary N) is 1. The van der Waals surface area contributed by atoms with Gasteiger partial charge in [0.1, 0.15) is 0 Å². The molecule has 2 atom stereocenters. The fourth-order valence-corrected chi connectivity index (χ4v) is 1.93. The van der Waals surface area contributed by atoms with Crippen LogP contribution in [-0.4, -0.2) is 19.2 Å². The van der Waals surface area contributed by atoms with Gasteiger partial charge in [-0.1, -0.05) is 13.8 Å². The lowest BCUT2D eigenvalue weighted by Gasteiger charge is -2.20. The van der Waals surface area contributed by atoms with Gasteiger partial charge < -0.3 is 10.1 Å². The molecule has 0 radical (unpaired) electrons. The number of carbonyl (C=O) groups is 1. The molecule has 0 heterocycles. The molecule has 0 aliphatic heterocycles. The molecule has 0 spiro atoms. The number of amides is 1. The number of hydrogen-bond donors (Lipinski definition) is 1. The smallest absolute Gasteiger partial charge is 0.407 e. The van der Waals surface area contributed by atoms with Crippen LogP contribution in [0.15, 0.2) is 0 Å². The van der Waals surface area contributed by atoms with Crippen LogP contribution in [0.3, 0.4) is 0 Å². The monoisotopic (exact) mass is 171 g/mol. The highest BCUT2D eigenvalue weighted by Crippen LogP contribution is 2.30. The average molecular weight is 171 g/mol. The lowest BCUT2D eigenvalue weighted by Crippen LogP contribution is -2.39. The van der Waals surface area contributed by atoms with Crippen LogP contribution < -0.4 is 5.32 Å². The van der Waals surface area contributed by atoms with Gasteiger partial charge in [0.2, 0.25) is 0 Å². The van der Waals surface area contributed by atoms with E-state index in [4.69, 9.17) is 0 Å². The summed E-state index contributed by atoms with van der Waals surface area (Å²) in [7, 11) is 1.40. The van der Waals surface area contributed by atoms with Gasteiger partial charge in [-0.25, -0.2) is 4.79 Å². The summed E-state index contributed by atoms with van der Waals surface area (Å²) in [5.41, 5.74) is 0. The van der Waals surface area contributed by atoms with E-state index in [1.54, 1.807) is 0 Å². The number of hydrogen-bond acceptors (Lipinski definition) is 2. The van der Waals surface area contributed by atoms with E-state index in [1.165, 1.54) is 20.0 Å². The Kier molecular flexibility index (Phi) is 2.95. The van der Waals surface area contributed by atoms with E-state index in [0.29, 0.717) is 17.9 Å². The summed E-state index contributed by atoms with van der Waals surface area (Å²) in [4.78, 5) is 10.9. The van der Waals surface area contributed by atoms with Gasteiger partial charge in [-0.2, -0.15) is 0 Å². The maximum Gasteiger partial charge on any atom is 0.407 e. The summed E-state index contributed by atoms with van der Waals surface area (Å²) in [6.45, 7) is 4.34. The van der Waals surface area contributed by atoms with Gasteiger partial charge in [0.05, 0.1) is 7.11 Å². The zero-order valence-corrected chi connectivity index (χ0v) is 7.96. The van der Waals surface area contributed by atoms with Crippen LogP contribution in [-0.2, 0) is 4.74 Å². The van der Waals surface area contributed by atoms with Gasteiger partial charge in [-0.05, 0) is 24.7 Å². The minimum Gasteiger partial charge on any atom is -0.453 e. The molecule has 0 bridgehead atoms. The molecule has 3 nitrogen and oxygen atoms in total. The molecule has 1 N–H and O–H groups in total. The Morgan fingerprint density at radius 2 is 1.83 bits per heavy atom. The number of carbonyl (C=O) groups excluding carboxylic acids is 1. The molecule has 1 amide bonds. The molecule has 0 saturated heterocycles. The molecular formula is C9H17NO2. The minimum atomic E-state index is -0.305. The van der Waals surface area contributed by atoms with E-state index in [1.807, 2.05) is 0 Å². The second kappa shape index (κ2) is 3.78. The van der Waals surface area contributed by atoms with Crippen molar-refractivity contribution in [2.45, 2.75) is 32.7 Å². The zero-order valence-electron chi connectivity index (χ0n) is 7.96. The zero-order chi connectivity index (χ0) is 9.14. The predicted octanol–water partition coefficient (Wildman–Crippen LogP) is 1.78. The first-order valence-corrected chi connectivity index (χ1v) is 4.49. The Hall–Kier alpha value is -0.730. The Labute approximate surface area is 73.5 Å². The van der Waals surface area contributed by atoms with Crippen LogP contribution >= 0.6 is 0 Å². The van der Waals surface area contributed by atoms with Gasteiger partial charge in [0, 0.05) is 6.04 Å². The van der Waals surface area contributed by atoms with Crippen LogP contribution in [0.25, 0.3) is 0 Å². The molecule has 3 heteroatoms. The van der Waals surface area contributed by atoms with Crippen molar-refractivity contribution < 1.29 is 9.53 Å². The van der Waals surface area contributed by atoms with Gasteiger partial charge in [0.15, 0.2) is 0 Å². The normalized spacial score (nSPS) is 34.8. The van der Waals surface area contributed by atoms with Gasteiger partial charge in [-0.15, -0.1) is 0 Å². The first kappa shape index (κ1) is 9.36. The fourth-order valence-electron chi connectivity index (χ4n) is 1.93. The lowest BCUT2D eigenvalue weighted by molar-refractivity contribution is 0.161. The van der Waals surface area contributed by atoms with Crippen molar-refractivity contribution in [1.29, 1.82) is 0 Å². The topological polar surface area (TPSA) is 38.3 Å². The average Bonchev–Trinajstić information content (AvgIpc) is 2.35. The first-order chi connectivity index (χ1) is 5.65. The highest BCUT2D eigenvalue weighted by atomic mass is 16.5. The van der Waals surface area contributed by atoms with Crippen LogP contribution in [0.4, 0.5) is 4.79 Å². The van der Waals surface area contributed by atoms with E-state index in [2.05, 4.69) is 23.9 Å². The third-order valence-corrected chi connectivity index (χ3v) is 2.77. The van der Waals surface area contributed by atoms with E-state index >= 15 is 0 Å². The highest BCUT2D eigenvalue weighted by molar-refractivity contribution is 5.67. The summed E-state index contributed by atoms with van der Waals surface area (Å²) in [5.74, 6) is 1.16. The highest BCUT2D eigenvalue weighted by Gasteiger charge is 2.31. The van der Waals surface area contributed by atoms with Crippen molar-refractivity contribution >= 4 is 6.09 Å². The van der Waals surface area contributed by atoms with Crippen molar-refractivity contribution in [1.82, 2.24) is 5.32 Å². The Balaban J connectivity index is 2.44. The molecule has 70 valence electrons. The number of ether oxygens (including phenoxy) is 1. The van der Waals surface area contributed by atoms with Gasteiger partial charge in [0.25, 0.3) is 0 Å². The fraction of sp³-hybridized carbons (Fsp3) is 0.889. The van der Waals surface area contributed by atoms with E-state index < -0.39 is 0 Å². The van der Waals surface area contributed by atoms with Crippen molar-refractivity contribution in [3.63, 3.8) is 0 Å². The predicted molar refractivity (Wildman–Crippen MR) is 46.9 cm³/mol. The third-order valence-electron chi connectivity index (χ3n) is 2.77. The van der Waals surface area contributed by atoms with Crippen LogP contribution in [0.2, 0.25) is 0 Å². The summed E-state index contributed by atoms with van der Waals surface area (Å²) in [6.07, 6.45) is 2.10. The minimum absolute atomic E-state index is 0.303. The van der Waals surface area contributed by atoms with Gasteiger partial charge >= 0.3 is 6.09 Å². The first-order valence-electron chi connectivity index (χ1n) is 4.49. The van der Waals surface area contributed by atoms with Crippen LogP contribution in [0, 0.1) is 11.8 Å². The quantitative estimate of drug-likeness (QED) is 0.653. The molecule has 12 heavy (non-hydrogen) atoms. The van der Waals surface area contributed by atoms with Crippen LogP contribution in [0.5, 0.6) is 0 Å². The summed E-state index contributed by atoms with van der Waals surface area (Å²) in [5, 5.41) is 2.87. The SMILES string of the molecule is COC(=O)NC1C(C)CCC1C. The standard InChI is InChI=1S/C9H17NO2/c1-6-4-5-7(2)8(6)10-9(11)12-3/h6-8H,4-5H2,1-3H3,(H,10,11). The van der Waals surface area contributed by atoms with Crippen molar-refractivity contribution in [2.75, 3.05) is 7.11 Å². The van der Waals surface area contributed by atoms with E-state index in [0.717, 1.165) is 0 Å². The summed E-state index contributed by atoms with van der Waals surface area (Å²) < 4.78 is 4.56. The van der Waals surface area contributed by atoms with E-state index in [9.17, 15) is 4.79 Å². The lowest BCUT2D eigenvalue weighted by atomic mass is 10.0. The molecule has 1 rings (SSSR count). The third kappa shape index (κ3) is 1.90. The molecule has 1 fully saturated rings. The molecule has 1 aliphatic rings. The van der Waals surface area contributed by atoms with E-state index in [-0.39, 0.29) is 6.09 Å². The molecule has 1 saturated carbocycles. The largest absolute Gasteiger partial charge is 0.453 e.